The maximum Gasteiger partial charge on any atom is 0.257 e. The average molecular weight is 244 g/mol. The van der Waals surface area contributed by atoms with Gasteiger partial charge in [0.05, 0.1) is 6.20 Å². The number of hydrogen-bond donors (Lipinski definition) is 3. The summed E-state index contributed by atoms with van der Waals surface area (Å²) in [5.41, 5.74) is 5.23. The fourth-order valence-electron chi connectivity index (χ4n) is 1.07. The maximum atomic E-state index is 11.7. The van der Waals surface area contributed by atoms with E-state index in [9.17, 15) is 8.42 Å². The highest BCUT2D eigenvalue weighted by Crippen LogP contribution is 2.05. The highest BCUT2D eigenvalue weighted by atomic mass is 32.2. The molecule has 4 N–H and O–H groups in total. The highest BCUT2D eigenvalue weighted by molar-refractivity contribution is 7.89. The Hall–Kier alpha value is -1.18. The number of nitrogens with zero attached hydrogens (tertiary/aromatic N) is 1. The second-order valence-corrected chi connectivity index (χ2v) is 4.84. The molecule has 0 saturated heterocycles. The number of nitrogens with one attached hydrogen (secondary N) is 2. The van der Waals surface area contributed by atoms with Crippen LogP contribution in [-0.4, -0.2) is 31.5 Å². The van der Waals surface area contributed by atoms with Crippen molar-refractivity contribution in [1.29, 1.82) is 0 Å². The van der Waals surface area contributed by atoms with Crippen LogP contribution in [0.25, 0.3) is 0 Å². The Labute approximate surface area is 95.0 Å². The van der Waals surface area contributed by atoms with E-state index in [0.717, 1.165) is 0 Å². The fraction of sp³-hybridized carbons (Fsp3) is 0.444. The van der Waals surface area contributed by atoms with E-state index in [1.54, 1.807) is 12.2 Å². The molecular formula is C9H16N4O2S. The van der Waals surface area contributed by atoms with Gasteiger partial charge < -0.3 is 10.7 Å². The number of H-pyrrole nitrogens is 1. The largest absolute Gasteiger partial charge is 0.332 e. The lowest BCUT2D eigenvalue weighted by atomic mass is 10.5. The first-order valence-corrected chi connectivity index (χ1v) is 6.47. The topological polar surface area (TPSA) is 101 Å². The predicted octanol–water partition coefficient (Wildman–Crippen LogP) is -0.235. The first-order chi connectivity index (χ1) is 7.60. The summed E-state index contributed by atoms with van der Waals surface area (Å²) < 4.78 is 25.8. The molecule has 0 aromatic carbocycles. The minimum atomic E-state index is -3.49. The molecule has 0 spiro atoms. The van der Waals surface area contributed by atoms with Gasteiger partial charge in [0, 0.05) is 19.5 Å². The highest BCUT2D eigenvalue weighted by Gasteiger charge is 2.15. The van der Waals surface area contributed by atoms with Crippen molar-refractivity contribution < 1.29 is 8.42 Å². The predicted molar refractivity (Wildman–Crippen MR) is 61.3 cm³/mol. The normalized spacial score (nSPS) is 12.4. The standard InChI is InChI=1S/C9H16N4O2S/c1-2-8-11-7-9(13-8)16(14,15)12-6-4-3-5-10/h3-4,7,12H,2,5-6,10H2,1H3,(H,11,13)/b4-3+. The minimum absolute atomic E-state index is 0.0884. The number of aryl methyl sites for hydroxylation is 1. The minimum Gasteiger partial charge on any atom is -0.332 e. The third-order valence-electron chi connectivity index (χ3n) is 1.92. The van der Waals surface area contributed by atoms with Crippen molar-refractivity contribution in [1.82, 2.24) is 14.7 Å². The van der Waals surface area contributed by atoms with Gasteiger partial charge in [-0.3, -0.25) is 0 Å². The molecule has 7 heteroatoms. The van der Waals surface area contributed by atoms with Gasteiger partial charge in [0.1, 0.15) is 5.82 Å². The van der Waals surface area contributed by atoms with Crippen molar-refractivity contribution in [3.63, 3.8) is 0 Å². The van der Waals surface area contributed by atoms with Crippen LogP contribution >= 0.6 is 0 Å². The lowest BCUT2D eigenvalue weighted by Crippen LogP contribution is -2.24. The summed E-state index contributed by atoms with van der Waals surface area (Å²) in [5, 5.41) is 0.0884. The van der Waals surface area contributed by atoms with Crippen LogP contribution in [0.2, 0.25) is 0 Å². The molecule has 0 aliphatic heterocycles. The molecule has 1 rings (SSSR count). The Bertz CT molecular complexity index is 450. The van der Waals surface area contributed by atoms with Crippen molar-refractivity contribution in [2.24, 2.45) is 5.73 Å². The molecule has 0 radical (unpaired) electrons. The zero-order valence-corrected chi connectivity index (χ0v) is 9.92. The fourth-order valence-corrected chi connectivity index (χ4v) is 1.99. The quantitative estimate of drug-likeness (QED) is 0.601. The van der Waals surface area contributed by atoms with Gasteiger partial charge in [0.2, 0.25) is 0 Å². The van der Waals surface area contributed by atoms with Crippen LogP contribution in [0.4, 0.5) is 0 Å². The van der Waals surface area contributed by atoms with E-state index in [2.05, 4.69) is 14.7 Å². The third-order valence-corrected chi connectivity index (χ3v) is 3.26. The molecule has 0 bridgehead atoms. The zero-order chi connectivity index (χ0) is 12.0. The van der Waals surface area contributed by atoms with Crippen molar-refractivity contribution in [3.8, 4) is 0 Å². The van der Waals surface area contributed by atoms with Crippen LogP contribution in [0.3, 0.4) is 0 Å². The van der Waals surface area contributed by atoms with Gasteiger partial charge in [0.25, 0.3) is 10.0 Å². The molecule has 0 amide bonds. The molecule has 0 aliphatic rings. The molecule has 16 heavy (non-hydrogen) atoms. The second-order valence-electron chi connectivity index (χ2n) is 3.11. The van der Waals surface area contributed by atoms with Crippen molar-refractivity contribution in [2.75, 3.05) is 13.1 Å². The number of sulfonamides is 1. The number of hydrogen-bond acceptors (Lipinski definition) is 4. The van der Waals surface area contributed by atoms with Crippen LogP contribution in [0, 0.1) is 0 Å². The van der Waals surface area contributed by atoms with Crippen LogP contribution in [0.5, 0.6) is 0 Å². The average Bonchev–Trinajstić information content (AvgIpc) is 2.73. The number of aromatic nitrogens is 2. The van der Waals surface area contributed by atoms with Crippen LogP contribution < -0.4 is 10.5 Å². The molecule has 1 aromatic heterocycles. The lowest BCUT2D eigenvalue weighted by molar-refractivity contribution is 0.582. The summed E-state index contributed by atoms with van der Waals surface area (Å²) >= 11 is 0. The van der Waals surface area contributed by atoms with Gasteiger partial charge in [-0.2, -0.15) is 0 Å². The first-order valence-electron chi connectivity index (χ1n) is 4.98. The molecular weight excluding hydrogens is 228 g/mol. The molecule has 1 aromatic rings. The Morgan fingerprint density at radius 3 is 2.88 bits per heavy atom. The Kier molecular flexibility index (Phi) is 4.66. The summed E-state index contributed by atoms with van der Waals surface area (Å²) in [6.45, 7) is 2.51. The maximum absolute atomic E-state index is 11.7. The molecule has 0 saturated carbocycles. The Balaban J connectivity index is 2.66. The van der Waals surface area contributed by atoms with Gasteiger partial charge in [-0.1, -0.05) is 19.1 Å². The Morgan fingerprint density at radius 1 is 1.56 bits per heavy atom. The van der Waals surface area contributed by atoms with Gasteiger partial charge in [-0.25, -0.2) is 18.1 Å². The summed E-state index contributed by atoms with van der Waals surface area (Å²) in [6, 6.07) is 0. The summed E-state index contributed by atoms with van der Waals surface area (Å²) in [5.74, 6) is 0.651. The van der Waals surface area contributed by atoms with E-state index in [4.69, 9.17) is 5.73 Å². The van der Waals surface area contributed by atoms with E-state index in [-0.39, 0.29) is 11.6 Å². The van der Waals surface area contributed by atoms with E-state index < -0.39 is 10.0 Å². The van der Waals surface area contributed by atoms with Crippen LogP contribution in [0.15, 0.2) is 23.4 Å². The van der Waals surface area contributed by atoms with Gasteiger partial charge in [0.15, 0.2) is 5.03 Å². The molecule has 0 unspecified atom stereocenters. The van der Waals surface area contributed by atoms with Crippen molar-refractivity contribution >= 4 is 10.0 Å². The molecule has 0 atom stereocenters. The lowest BCUT2D eigenvalue weighted by Gasteiger charge is -2.00. The zero-order valence-electron chi connectivity index (χ0n) is 9.10. The van der Waals surface area contributed by atoms with Crippen molar-refractivity contribution in [2.45, 2.75) is 18.4 Å². The molecule has 90 valence electrons. The molecule has 0 fully saturated rings. The van der Waals surface area contributed by atoms with Gasteiger partial charge in [-0.05, 0) is 0 Å². The smallest absolute Gasteiger partial charge is 0.257 e. The summed E-state index contributed by atoms with van der Waals surface area (Å²) in [7, 11) is -3.49. The van der Waals surface area contributed by atoms with Gasteiger partial charge >= 0.3 is 0 Å². The SMILES string of the molecule is CCc1ncc(S(=O)(=O)NC/C=C/CN)[nH]1. The van der Waals surface area contributed by atoms with E-state index >= 15 is 0 Å². The second kappa shape index (κ2) is 5.78. The third kappa shape index (κ3) is 3.44. The van der Waals surface area contributed by atoms with Crippen LogP contribution in [-0.2, 0) is 16.4 Å². The molecule has 0 aliphatic carbocycles. The first kappa shape index (κ1) is 12.9. The van der Waals surface area contributed by atoms with Crippen molar-refractivity contribution in [3.05, 3.63) is 24.2 Å². The number of rotatable bonds is 6. The van der Waals surface area contributed by atoms with E-state index in [1.807, 2.05) is 6.92 Å². The summed E-state index contributed by atoms with van der Waals surface area (Å²) in [4.78, 5) is 6.67. The van der Waals surface area contributed by atoms with Gasteiger partial charge in [-0.15, -0.1) is 0 Å². The number of nitrogens with two attached hydrogens (primary N) is 1. The molecule has 6 nitrogen and oxygen atoms in total. The number of aromatic amines is 1. The number of imidazole rings is 1. The molecule has 1 heterocycles. The van der Waals surface area contributed by atoms with Crippen LogP contribution in [0.1, 0.15) is 12.7 Å². The summed E-state index contributed by atoms with van der Waals surface area (Å²) in [6.07, 6.45) is 5.33. The Morgan fingerprint density at radius 2 is 2.31 bits per heavy atom. The van der Waals surface area contributed by atoms with E-state index in [1.165, 1.54) is 6.20 Å². The van der Waals surface area contributed by atoms with E-state index in [0.29, 0.717) is 18.8 Å². The monoisotopic (exact) mass is 244 g/mol.